The minimum Gasteiger partial charge on any atom is -0.478 e. The number of hydrogen-bond donors (Lipinski definition) is 2. The molecule has 0 unspecified atom stereocenters. The van der Waals surface area contributed by atoms with Crippen molar-refractivity contribution in [1.82, 2.24) is 4.98 Å². The minimum absolute atomic E-state index is 0.179. The summed E-state index contributed by atoms with van der Waals surface area (Å²) in [5.41, 5.74) is 2.92. The largest absolute Gasteiger partial charge is 0.478 e. The summed E-state index contributed by atoms with van der Waals surface area (Å²) in [5, 5.41) is 13.1. The van der Waals surface area contributed by atoms with Crippen LogP contribution in [0.25, 0.3) is 10.9 Å². The summed E-state index contributed by atoms with van der Waals surface area (Å²) < 4.78 is 0. The summed E-state index contributed by atoms with van der Waals surface area (Å²) in [6.07, 6.45) is 1.90. The number of carboxylic acids is 1. The molecule has 0 spiro atoms. The third kappa shape index (κ3) is 4.76. The molecule has 0 aliphatic heterocycles. The highest BCUT2D eigenvalue weighted by Crippen LogP contribution is 2.26. The van der Waals surface area contributed by atoms with Crippen molar-refractivity contribution in [1.29, 1.82) is 0 Å². The van der Waals surface area contributed by atoms with Gasteiger partial charge in [0.2, 0.25) is 0 Å². The molecule has 156 valence electrons. The lowest BCUT2D eigenvalue weighted by molar-refractivity contribution is 0.0698. The van der Waals surface area contributed by atoms with Gasteiger partial charge in [-0.15, -0.1) is 0 Å². The molecular formula is C24H27N3O3. The average molecular weight is 405 g/mol. The molecule has 0 aliphatic carbocycles. The zero-order valence-corrected chi connectivity index (χ0v) is 17.6. The van der Waals surface area contributed by atoms with Gasteiger partial charge in [-0.3, -0.25) is 4.79 Å². The molecule has 3 aromatic rings. The molecule has 0 saturated heterocycles. The number of anilines is 2. The Hall–Kier alpha value is -3.41. The van der Waals surface area contributed by atoms with Crippen LogP contribution < -0.4 is 10.2 Å². The van der Waals surface area contributed by atoms with E-state index in [1.807, 2.05) is 19.1 Å². The Bertz CT molecular complexity index is 1060. The van der Waals surface area contributed by atoms with Gasteiger partial charge in [-0.05, 0) is 56.2 Å². The summed E-state index contributed by atoms with van der Waals surface area (Å²) in [6, 6.07) is 14.1. The zero-order valence-electron chi connectivity index (χ0n) is 17.6. The maximum atomic E-state index is 12.5. The quantitative estimate of drug-likeness (QED) is 0.543. The number of fused-ring (bicyclic) bond motifs is 1. The van der Waals surface area contributed by atoms with Crippen molar-refractivity contribution in [2.75, 3.05) is 23.3 Å². The fourth-order valence-electron chi connectivity index (χ4n) is 3.42. The summed E-state index contributed by atoms with van der Waals surface area (Å²) in [5.74, 6) is -0.591. The van der Waals surface area contributed by atoms with Crippen LogP contribution in [0.3, 0.4) is 0 Å². The van der Waals surface area contributed by atoms with Crippen molar-refractivity contribution in [3.8, 4) is 0 Å². The lowest BCUT2D eigenvalue weighted by Gasteiger charge is -2.23. The number of carbonyl (C=O) groups is 2. The van der Waals surface area contributed by atoms with E-state index in [2.05, 4.69) is 24.1 Å². The van der Waals surface area contributed by atoms with Gasteiger partial charge in [0.25, 0.3) is 5.91 Å². The van der Waals surface area contributed by atoms with Crippen LogP contribution in [0, 0.1) is 6.92 Å². The molecule has 30 heavy (non-hydrogen) atoms. The Morgan fingerprint density at radius 2 is 1.67 bits per heavy atom. The number of pyridine rings is 1. The molecule has 0 radical (unpaired) electrons. The van der Waals surface area contributed by atoms with Gasteiger partial charge in [0.05, 0.1) is 11.1 Å². The highest BCUT2D eigenvalue weighted by atomic mass is 16.4. The predicted octanol–water partition coefficient (Wildman–Crippen LogP) is 5.12. The fraction of sp³-hybridized carbons (Fsp3) is 0.292. The van der Waals surface area contributed by atoms with Crippen molar-refractivity contribution < 1.29 is 14.7 Å². The van der Waals surface area contributed by atoms with Crippen molar-refractivity contribution in [2.45, 2.75) is 33.6 Å². The number of amides is 1. The van der Waals surface area contributed by atoms with Crippen LogP contribution >= 0.6 is 0 Å². The smallest absolute Gasteiger partial charge is 0.336 e. The second kappa shape index (κ2) is 9.39. The number of nitrogens with one attached hydrogen (secondary N) is 1. The van der Waals surface area contributed by atoms with Gasteiger partial charge < -0.3 is 15.3 Å². The van der Waals surface area contributed by atoms with Crippen LogP contribution in [0.1, 0.15) is 53.0 Å². The molecule has 0 atom stereocenters. The number of benzene rings is 2. The molecular weight excluding hydrogens is 378 g/mol. The van der Waals surface area contributed by atoms with Crippen LogP contribution in [0.4, 0.5) is 11.5 Å². The molecule has 0 aliphatic rings. The number of rotatable bonds is 8. The van der Waals surface area contributed by atoms with E-state index in [9.17, 15) is 14.7 Å². The monoisotopic (exact) mass is 405 g/mol. The van der Waals surface area contributed by atoms with Crippen LogP contribution in [0.15, 0.2) is 48.5 Å². The second-order valence-corrected chi connectivity index (χ2v) is 7.37. The van der Waals surface area contributed by atoms with Gasteiger partial charge >= 0.3 is 5.97 Å². The molecule has 1 aromatic heterocycles. The van der Waals surface area contributed by atoms with E-state index < -0.39 is 5.97 Å². The van der Waals surface area contributed by atoms with E-state index in [0.29, 0.717) is 28.0 Å². The van der Waals surface area contributed by atoms with E-state index >= 15 is 0 Å². The highest BCUT2D eigenvalue weighted by molar-refractivity contribution is 6.08. The summed E-state index contributed by atoms with van der Waals surface area (Å²) in [4.78, 5) is 31.3. The maximum absolute atomic E-state index is 12.5. The molecule has 2 aromatic carbocycles. The summed E-state index contributed by atoms with van der Waals surface area (Å²) >= 11 is 0. The van der Waals surface area contributed by atoms with E-state index in [0.717, 1.165) is 31.5 Å². The van der Waals surface area contributed by atoms with E-state index in [1.54, 1.807) is 36.4 Å². The Morgan fingerprint density at radius 3 is 2.27 bits per heavy atom. The number of aromatic nitrogens is 1. The third-order valence-corrected chi connectivity index (χ3v) is 4.91. The topological polar surface area (TPSA) is 82.5 Å². The number of carbonyl (C=O) groups excluding carboxylic acids is 1. The fourth-order valence-corrected chi connectivity index (χ4v) is 3.42. The number of aryl methyl sites for hydroxylation is 1. The first-order valence-electron chi connectivity index (χ1n) is 10.2. The maximum Gasteiger partial charge on any atom is 0.336 e. The molecule has 0 fully saturated rings. The lowest BCUT2D eigenvalue weighted by atomic mass is 10.1. The number of aromatic carboxylic acids is 1. The molecule has 1 amide bonds. The molecule has 3 rings (SSSR count). The van der Waals surface area contributed by atoms with Gasteiger partial charge in [0, 0.05) is 29.7 Å². The van der Waals surface area contributed by atoms with Crippen LogP contribution in [0.2, 0.25) is 0 Å². The first kappa shape index (κ1) is 21.3. The Morgan fingerprint density at radius 1 is 1.00 bits per heavy atom. The number of nitrogens with zero attached hydrogens (tertiary/aromatic N) is 2. The van der Waals surface area contributed by atoms with Gasteiger partial charge in [-0.2, -0.15) is 0 Å². The minimum atomic E-state index is -1.02. The lowest BCUT2D eigenvalue weighted by Crippen LogP contribution is -2.26. The zero-order chi connectivity index (χ0) is 21.7. The first-order valence-corrected chi connectivity index (χ1v) is 10.2. The van der Waals surface area contributed by atoms with Crippen molar-refractivity contribution in [3.05, 3.63) is 65.2 Å². The highest BCUT2D eigenvalue weighted by Gasteiger charge is 2.16. The molecule has 0 bridgehead atoms. The predicted molar refractivity (Wildman–Crippen MR) is 121 cm³/mol. The van der Waals surface area contributed by atoms with Gasteiger partial charge in [0.1, 0.15) is 5.82 Å². The molecule has 6 heteroatoms. The van der Waals surface area contributed by atoms with Crippen molar-refractivity contribution in [3.63, 3.8) is 0 Å². The van der Waals surface area contributed by atoms with Crippen LogP contribution in [0.5, 0.6) is 0 Å². The van der Waals surface area contributed by atoms with Gasteiger partial charge in [-0.1, -0.05) is 31.5 Å². The summed E-state index contributed by atoms with van der Waals surface area (Å²) in [6.45, 7) is 7.77. The third-order valence-electron chi connectivity index (χ3n) is 4.91. The normalized spacial score (nSPS) is 10.8. The molecule has 0 saturated carbocycles. The van der Waals surface area contributed by atoms with Gasteiger partial charge in [-0.25, -0.2) is 9.78 Å². The van der Waals surface area contributed by atoms with Crippen LogP contribution in [-0.2, 0) is 0 Å². The summed E-state index contributed by atoms with van der Waals surface area (Å²) in [7, 11) is 0. The molecule has 2 N–H and O–H groups in total. The van der Waals surface area contributed by atoms with Crippen LogP contribution in [-0.4, -0.2) is 35.1 Å². The number of hydrogen-bond acceptors (Lipinski definition) is 4. The second-order valence-electron chi connectivity index (χ2n) is 7.37. The van der Waals surface area contributed by atoms with E-state index in [4.69, 9.17) is 4.98 Å². The first-order chi connectivity index (χ1) is 14.4. The Kier molecular flexibility index (Phi) is 6.67. The van der Waals surface area contributed by atoms with E-state index in [-0.39, 0.29) is 11.5 Å². The van der Waals surface area contributed by atoms with Crippen molar-refractivity contribution >= 4 is 34.3 Å². The standard InChI is InChI=1S/C24H27N3O3/c1-4-12-27(13-5-2)22-15-20(24(29)30)19-14-18(10-11-21(19)26-22)25-23(28)17-8-6-16(3)7-9-17/h6-11,14-15H,4-5,12-13H2,1-3H3,(H,25,28)(H,29,30). The average Bonchev–Trinajstić information content (AvgIpc) is 2.73. The number of carboxylic acid groups (broad SMARTS) is 1. The van der Waals surface area contributed by atoms with Gasteiger partial charge in [0.15, 0.2) is 0 Å². The Balaban J connectivity index is 1.97. The SMILES string of the molecule is CCCN(CCC)c1cc(C(=O)O)c2cc(NC(=O)c3ccc(C)cc3)ccc2n1. The van der Waals surface area contributed by atoms with Crippen molar-refractivity contribution in [2.24, 2.45) is 0 Å². The van der Waals surface area contributed by atoms with E-state index in [1.165, 1.54) is 0 Å². The molecule has 6 nitrogen and oxygen atoms in total. The Labute approximate surface area is 176 Å². The molecule has 1 heterocycles.